The Morgan fingerprint density at radius 2 is 2.32 bits per heavy atom. The van der Waals surface area contributed by atoms with Crippen molar-refractivity contribution in [2.75, 3.05) is 0 Å². The van der Waals surface area contributed by atoms with Crippen molar-refractivity contribution < 1.29 is 14.3 Å². The first-order valence-corrected chi connectivity index (χ1v) is 5.63. The molecule has 0 saturated heterocycles. The molecule has 0 amide bonds. The highest BCUT2D eigenvalue weighted by Crippen LogP contribution is 2.24. The van der Waals surface area contributed by atoms with Crippen LogP contribution in [0.1, 0.15) is 29.2 Å². The third-order valence-electron chi connectivity index (χ3n) is 2.86. The number of aromatic nitrogens is 4. The van der Waals surface area contributed by atoms with Crippen LogP contribution in [0.25, 0.3) is 11.1 Å². The number of aromatic carboxylic acids is 1. The largest absolute Gasteiger partial charge is 0.478 e. The van der Waals surface area contributed by atoms with E-state index in [4.69, 9.17) is 9.52 Å². The van der Waals surface area contributed by atoms with E-state index in [1.807, 2.05) is 6.92 Å². The van der Waals surface area contributed by atoms with Gasteiger partial charge in [0.05, 0.1) is 5.56 Å². The fourth-order valence-electron chi connectivity index (χ4n) is 1.85. The van der Waals surface area contributed by atoms with Crippen LogP contribution in [-0.2, 0) is 0 Å². The first-order valence-electron chi connectivity index (χ1n) is 5.63. The number of carbonyl (C=O) groups is 1. The van der Waals surface area contributed by atoms with Gasteiger partial charge in [0.25, 0.3) is 0 Å². The number of carboxylic acids is 1. The van der Waals surface area contributed by atoms with Gasteiger partial charge in [0, 0.05) is 0 Å². The minimum absolute atomic E-state index is 0.123. The lowest BCUT2D eigenvalue weighted by Gasteiger charge is -2.05. The van der Waals surface area contributed by atoms with Gasteiger partial charge in [0.1, 0.15) is 24.2 Å². The summed E-state index contributed by atoms with van der Waals surface area (Å²) in [5.74, 6) is -0.631. The van der Waals surface area contributed by atoms with Crippen LogP contribution in [0.4, 0.5) is 0 Å². The zero-order valence-corrected chi connectivity index (χ0v) is 10.0. The molecule has 3 rings (SSSR count). The second-order valence-electron chi connectivity index (χ2n) is 4.06. The lowest BCUT2D eigenvalue weighted by atomic mass is 10.2. The molecule has 7 nitrogen and oxygen atoms in total. The maximum Gasteiger partial charge on any atom is 0.338 e. The van der Waals surface area contributed by atoms with Crippen molar-refractivity contribution in [1.29, 1.82) is 0 Å². The summed E-state index contributed by atoms with van der Waals surface area (Å²) in [4.78, 5) is 19.2. The third-order valence-corrected chi connectivity index (χ3v) is 2.86. The van der Waals surface area contributed by atoms with Crippen molar-refractivity contribution >= 4 is 17.1 Å². The molecule has 0 aliphatic rings. The zero-order valence-electron chi connectivity index (χ0n) is 10.0. The van der Waals surface area contributed by atoms with Crippen molar-refractivity contribution in [3.63, 3.8) is 0 Å². The Labute approximate surface area is 107 Å². The number of benzene rings is 1. The Bertz CT molecular complexity index is 733. The minimum atomic E-state index is -1.03. The molecule has 19 heavy (non-hydrogen) atoms. The highest BCUT2D eigenvalue weighted by Gasteiger charge is 2.19. The molecule has 0 aliphatic carbocycles. The van der Waals surface area contributed by atoms with Gasteiger partial charge in [-0.05, 0) is 19.1 Å². The SMILES string of the molecule is CC(c1nc2c(C(=O)O)cccc2o1)n1cncn1. The van der Waals surface area contributed by atoms with Crippen LogP contribution in [0.15, 0.2) is 35.3 Å². The number of hydrogen-bond donors (Lipinski definition) is 1. The molecule has 1 aromatic carbocycles. The molecule has 1 atom stereocenters. The predicted octanol–water partition coefficient (Wildman–Crippen LogP) is 1.73. The van der Waals surface area contributed by atoms with E-state index in [-0.39, 0.29) is 11.6 Å². The monoisotopic (exact) mass is 258 g/mol. The molecule has 0 bridgehead atoms. The van der Waals surface area contributed by atoms with Gasteiger partial charge in [-0.15, -0.1) is 0 Å². The molecule has 96 valence electrons. The Morgan fingerprint density at radius 1 is 1.47 bits per heavy atom. The Balaban J connectivity index is 2.12. The van der Waals surface area contributed by atoms with Gasteiger partial charge in [-0.3, -0.25) is 0 Å². The van der Waals surface area contributed by atoms with Gasteiger partial charge in [-0.25, -0.2) is 19.4 Å². The van der Waals surface area contributed by atoms with Gasteiger partial charge >= 0.3 is 5.97 Å². The molecule has 0 saturated carbocycles. The van der Waals surface area contributed by atoms with Gasteiger partial charge in [0.15, 0.2) is 5.58 Å². The van der Waals surface area contributed by atoms with E-state index in [9.17, 15) is 4.79 Å². The third kappa shape index (κ3) is 1.85. The van der Waals surface area contributed by atoms with Gasteiger partial charge in [0.2, 0.25) is 5.89 Å². The topological polar surface area (TPSA) is 94.0 Å². The lowest BCUT2D eigenvalue weighted by Crippen LogP contribution is -2.07. The highest BCUT2D eigenvalue weighted by molar-refractivity contribution is 6.00. The molecule has 0 aliphatic heterocycles. The van der Waals surface area contributed by atoms with Gasteiger partial charge in [-0.1, -0.05) is 6.07 Å². The molecule has 2 heterocycles. The summed E-state index contributed by atoms with van der Waals surface area (Å²) in [6, 6.07) is 4.56. The number of rotatable bonds is 3. The van der Waals surface area contributed by atoms with Crippen LogP contribution in [-0.4, -0.2) is 30.8 Å². The molecule has 3 aromatic rings. The van der Waals surface area contributed by atoms with Crippen molar-refractivity contribution in [3.8, 4) is 0 Å². The molecule has 0 fully saturated rings. The number of nitrogens with zero attached hydrogens (tertiary/aromatic N) is 4. The molecular formula is C12H10N4O3. The molecule has 0 spiro atoms. The van der Waals surface area contributed by atoms with Crippen molar-refractivity contribution in [1.82, 2.24) is 19.7 Å². The predicted molar refractivity (Wildman–Crippen MR) is 64.8 cm³/mol. The van der Waals surface area contributed by atoms with Crippen LogP contribution in [0.2, 0.25) is 0 Å². The average molecular weight is 258 g/mol. The fraction of sp³-hybridized carbons (Fsp3) is 0.167. The number of para-hydroxylation sites is 1. The molecule has 1 N–H and O–H groups in total. The summed E-state index contributed by atoms with van der Waals surface area (Å²) in [7, 11) is 0. The minimum Gasteiger partial charge on any atom is -0.478 e. The van der Waals surface area contributed by atoms with Crippen LogP contribution in [0.5, 0.6) is 0 Å². The maximum atomic E-state index is 11.1. The van der Waals surface area contributed by atoms with Crippen LogP contribution < -0.4 is 0 Å². The normalized spacial score (nSPS) is 12.7. The van der Waals surface area contributed by atoms with Crippen LogP contribution >= 0.6 is 0 Å². The Morgan fingerprint density at radius 3 is 3.00 bits per heavy atom. The van der Waals surface area contributed by atoms with E-state index >= 15 is 0 Å². The van der Waals surface area contributed by atoms with Crippen LogP contribution in [0.3, 0.4) is 0 Å². The average Bonchev–Trinajstić information content (AvgIpc) is 3.06. The fourth-order valence-corrected chi connectivity index (χ4v) is 1.85. The standard InChI is InChI=1S/C12H10N4O3/c1-7(16-6-13-5-14-16)11-15-10-8(12(17)18)3-2-4-9(10)19-11/h2-7H,1H3,(H,17,18). The Hall–Kier alpha value is -2.70. The van der Waals surface area contributed by atoms with Gasteiger partial charge in [-0.2, -0.15) is 5.10 Å². The molecule has 7 heteroatoms. The van der Waals surface area contributed by atoms with Crippen LogP contribution in [0, 0.1) is 0 Å². The summed E-state index contributed by atoms with van der Waals surface area (Å²) in [5, 5.41) is 13.1. The second kappa shape index (κ2) is 4.20. The first-order chi connectivity index (χ1) is 9.16. The number of hydrogen-bond acceptors (Lipinski definition) is 5. The molecule has 1 unspecified atom stereocenters. The summed E-state index contributed by atoms with van der Waals surface area (Å²) in [6.07, 6.45) is 2.97. The number of carboxylic acid groups (broad SMARTS) is 1. The van der Waals surface area contributed by atoms with E-state index in [2.05, 4.69) is 15.1 Å². The van der Waals surface area contributed by atoms with Gasteiger partial charge < -0.3 is 9.52 Å². The summed E-state index contributed by atoms with van der Waals surface area (Å²) in [6.45, 7) is 1.85. The molecule has 2 aromatic heterocycles. The first kappa shape index (κ1) is 11.4. The number of fused-ring (bicyclic) bond motifs is 1. The Kier molecular flexibility index (Phi) is 2.52. The zero-order chi connectivity index (χ0) is 13.4. The maximum absolute atomic E-state index is 11.1. The van der Waals surface area contributed by atoms with E-state index in [0.29, 0.717) is 17.0 Å². The highest BCUT2D eigenvalue weighted by atomic mass is 16.4. The van der Waals surface area contributed by atoms with Crippen molar-refractivity contribution in [3.05, 3.63) is 42.3 Å². The van der Waals surface area contributed by atoms with E-state index in [1.165, 1.54) is 12.4 Å². The van der Waals surface area contributed by atoms with E-state index < -0.39 is 5.97 Å². The summed E-state index contributed by atoms with van der Waals surface area (Å²) < 4.78 is 7.17. The molecule has 0 radical (unpaired) electrons. The van der Waals surface area contributed by atoms with Crippen molar-refractivity contribution in [2.24, 2.45) is 0 Å². The van der Waals surface area contributed by atoms with E-state index in [0.717, 1.165) is 0 Å². The second-order valence-corrected chi connectivity index (χ2v) is 4.06. The smallest absolute Gasteiger partial charge is 0.338 e. The molecular weight excluding hydrogens is 248 g/mol. The quantitative estimate of drug-likeness (QED) is 0.768. The summed E-state index contributed by atoms with van der Waals surface area (Å²) in [5.41, 5.74) is 0.914. The lowest BCUT2D eigenvalue weighted by molar-refractivity contribution is 0.0699. The van der Waals surface area contributed by atoms with Crippen molar-refractivity contribution in [2.45, 2.75) is 13.0 Å². The number of oxazole rings is 1. The summed E-state index contributed by atoms with van der Waals surface area (Å²) >= 11 is 0. The van der Waals surface area contributed by atoms with E-state index in [1.54, 1.807) is 23.1 Å².